The van der Waals surface area contributed by atoms with Crippen molar-refractivity contribution < 1.29 is 80.2 Å². The Hall–Kier alpha value is -1.94. The van der Waals surface area contributed by atoms with Gasteiger partial charge in [-0.1, -0.05) is 337 Å². The minimum atomic E-state index is -4.96. The van der Waals surface area contributed by atoms with Crippen molar-refractivity contribution in [3.8, 4) is 0 Å². The Morgan fingerprint density at radius 1 is 0.309 bits per heavy atom. The molecule has 0 saturated carbocycles. The summed E-state index contributed by atoms with van der Waals surface area (Å²) in [6.45, 7) is 9.53. The molecule has 0 aliphatic rings. The van der Waals surface area contributed by atoms with Crippen molar-refractivity contribution in [2.75, 3.05) is 39.6 Å². The van der Waals surface area contributed by atoms with Gasteiger partial charge in [-0.25, -0.2) is 9.13 Å². The van der Waals surface area contributed by atoms with Crippen LogP contribution in [0.3, 0.4) is 0 Å². The molecule has 0 aliphatic carbocycles. The molecule has 0 bridgehead atoms. The Kier molecular flexibility index (Phi) is 65.5. The van der Waals surface area contributed by atoms with Crippen LogP contribution in [0.4, 0.5) is 0 Å². The molecule has 17 nitrogen and oxygen atoms in total. The Morgan fingerprint density at radius 3 is 0.809 bits per heavy atom. The van der Waals surface area contributed by atoms with E-state index < -0.39 is 97.5 Å². The molecule has 558 valence electrons. The van der Waals surface area contributed by atoms with Crippen LogP contribution in [0.1, 0.15) is 388 Å². The summed E-state index contributed by atoms with van der Waals surface area (Å²) in [4.78, 5) is 72.8. The third kappa shape index (κ3) is 67.3. The second-order valence-corrected chi connectivity index (χ2v) is 30.7. The topological polar surface area (TPSA) is 237 Å². The maximum absolute atomic E-state index is 13.1. The quantitative estimate of drug-likeness (QED) is 0.0222. The van der Waals surface area contributed by atoms with E-state index in [-0.39, 0.29) is 25.7 Å². The van der Waals surface area contributed by atoms with Crippen molar-refractivity contribution in [2.45, 2.75) is 407 Å². The van der Waals surface area contributed by atoms with Crippen LogP contribution in [0.25, 0.3) is 0 Å². The molecule has 0 aromatic carbocycles. The van der Waals surface area contributed by atoms with Gasteiger partial charge >= 0.3 is 39.5 Å². The fourth-order valence-electron chi connectivity index (χ4n) is 11.4. The van der Waals surface area contributed by atoms with E-state index in [4.69, 9.17) is 37.0 Å². The van der Waals surface area contributed by atoms with Gasteiger partial charge in [0.15, 0.2) is 12.2 Å². The summed E-state index contributed by atoms with van der Waals surface area (Å²) in [5, 5.41) is 10.6. The normalized spacial score (nSPS) is 14.3. The number of rotatable bonds is 74. The number of carbonyl (C=O) groups excluding carboxylic acids is 4. The number of ether oxygens (including phenoxy) is 4. The Morgan fingerprint density at radius 2 is 0.543 bits per heavy atom. The number of aliphatic hydroxyl groups is 1. The number of carbonyl (C=O) groups is 4. The van der Waals surface area contributed by atoms with Gasteiger partial charge in [0, 0.05) is 25.7 Å². The summed E-state index contributed by atoms with van der Waals surface area (Å²) in [6, 6.07) is 0. The Labute approximate surface area is 575 Å². The summed E-state index contributed by atoms with van der Waals surface area (Å²) < 4.78 is 68.5. The molecule has 0 radical (unpaired) electrons. The van der Waals surface area contributed by atoms with E-state index in [0.29, 0.717) is 25.7 Å². The van der Waals surface area contributed by atoms with Crippen LogP contribution in [0.5, 0.6) is 0 Å². The Balaban J connectivity index is 5.25. The first-order valence-electron chi connectivity index (χ1n) is 39.0. The maximum Gasteiger partial charge on any atom is 0.472 e. The smallest absolute Gasteiger partial charge is 0.462 e. The van der Waals surface area contributed by atoms with Gasteiger partial charge in [-0.05, 0) is 37.5 Å². The van der Waals surface area contributed by atoms with Crippen LogP contribution in [0, 0.1) is 11.8 Å². The number of hydrogen-bond acceptors (Lipinski definition) is 15. The lowest BCUT2D eigenvalue weighted by atomic mass is 10.00. The van der Waals surface area contributed by atoms with Crippen molar-refractivity contribution in [3.63, 3.8) is 0 Å². The average molecular weight is 1380 g/mol. The summed E-state index contributed by atoms with van der Waals surface area (Å²) in [7, 11) is -9.91. The third-order valence-corrected chi connectivity index (χ3v) is 19.7. The van der Waals surface area contributed by atoms with E-state index in [1.807, 2.05) is 0 Å². The second kappa shape index (κ2) is 66.9. The van der Waals surface area contributed by atoms with Crippen LogP contribution in [0.2, 0.25) is 0 Å². The highest BCUT2D eigenvalue weighted by atomic mass is 31.2. The predicted octanol–water partition coefficient (Wildman–Crippen LogP) is 21.9. The summed E-state index contributed by atoms with van der Waals surface area (Å²) in [5.74, 6) is -0.650. The van der Waals surface area contributed by atoms with Crippen molar-refractivity contribution in [2.24, 2.45) is 11.8 Å². The molecule has 6 atom stereocenters. The lowest BCUT2D eigenvalue weighted by Crippen LogP contribution is -2.30. The highest BCUT2D eigenvalue weighted by Crippen LogP contribution is 2.45. The van der Waals surface area contributed by atoms with Gasteiger partial charge in [-0.2, -0.15) is 0 Å². The number of esters is 4. The number of aliphatic hydroxyl groups excluding tert-OH is 1. The minimum Gasteiger partial charge on any atom is -0.462 e. The minimum absolute atomic E-state index is 0.105. The monoisotopic (exact) mass is 1380 g/mol. The third-order valence-electron chi connectivity index (χ3n) is 17.8. The molecule has 0 heterocycles. The van der Waals surface area contributed by atoms with E-state index >= 15 is 0 Å². The van der Waals surface area contributed by atoms with Crippen LogP contribution >= 0.6 is 15.6 Å². The molecule has 0 fully saturated rings. The predicted molar refractivity (Wildman–Crippen MR) is 381 cm³/mol. The highest BCUT2D eigenvalue weighted by Gasteiger charge is 2.30. The molecule has 0 rings (SSSR count). The molecule has 0 amide bonds. The number of unbranched alkanes of at least 4 members (excludes halogenated alkanes) is 43. The molecular weight excluding hydrogens is 1230 g/mol. The fourth-order valence-corrected chi connectivity index (χ4v) is 13.0. The molecule has 3 unspecified atom stereocenters. The fraction of sp³-hybridized carbons (Fsp3) is 0.947. The van der Waals surface area contributed by atoms with E-state index in [0.717, 1.165) is 108 Å². The van der Waals surface area contributed by atoms with E-state index in [1.54, 1.807) is 0 Å². The van der Waals surface area contributed by atoms with Crippen molar-refractivity contribution in [1.82, 2.24) is 0 Å². The molecule has 0 aromatic rings. The van der Waals surface area contributed by atoms with Crippen molar-refractivity contribution in [3.05, 3.63) is 0 Å². The number of phosphoric ester groups is 2. The van der Waals surface area contributed by atoms with Gasteiger partial charge in [0.1, 0.15) is 19.3 Å². The summed E-state index contributed by atoms with van der Waals surface area (Å²) in [6.07, 6.45) is 54.1. The van der Waals surface area contributed by atoms with Gasteiger partial charge in [0.2, 0.25) is 0 Å². The van der Waals surface area contributed by atoms with E-state index in [9.17, 15) is 43.2 Å². The van der Waals surface area contributed by atoms with Crippen molar-refractivity contribution >= 4 is 39.5 Å². The van der Waals surface area contributed by atoms with Crippen LogP contribution in [-0.4, -0.2) is 96.7 Å². The van der Waals surface area contributed by atoms with Crippen LogP contribution in [0.15, 0.2) is 0 Å². The molecule has 0 aromatic heterocycles. The average Bonchev–Trinajstić information content (AvgIpc) is 1.35. The first kappa shape index (κ1) is 92.1. The lowest BCUT2D eigenvalue weighted by molar-refractivity contribution is -0.161. The Bertz CT molecular complexity index is 1820. The van der Waals surface area contributed by atoms with Gasteiger partial charge in [0.05, 0.1) is 26.4 Å². The molecular formula is C75H146O17P2. The highest BCUT2D eigenvalue weighted by molar-refractivity contribution is 7.47. The molecule has 3 N–H and O–H groups in total. The van der Waals surface area contributed by atoms with Gasteiger partial charge in [0.25, 0.3) is 0 Å². The first-order valence-corrected chi connectivity index (χ1v) is 42.0. The first-order chi connectivity index (χ1) is 45.4. The number of hydrogen-bond donors (Lipinski definition) is 3. The van der Waals surface area contributed by atoms with E-state index in [2.05, 4.69) is 41.5 Å². The lowest BCUT2D eigenvalue weighted by Gasteiger charge is -2.21. The molecule has 94 heavy (non-hydrogen) atoms. The maximum atomic E-state index is 13.1. The number of phosphoric acid groups is 2. The summed E-state index contributed by atoms with van der Waals surface area (Å²) in [5.41, 5.74) is 0. The largest absolute Gasteiger partial charge is 0.472 e. The molecule has 0 aliphatic heterocycles. The molecule has 0 spiro atoms. The SMILES string of the molecule is CCCCCCCCCCCCCCCCCCC(=O)OC[C@H](COP(=O)(O)OC[C@@H](O)COP(=O)(O)OC[C@@H](COC(=O)CCCCCCCCC(C)CC)OC(=O)CCCCCCCCCCCC(C)C)OC(=O)CCCCCCCCCCCCCCCCCC. The standard InChI is InChI=1S/C75H146O17P2/c1-7-10-12-14-16-18-20-22-24-26-28-30-34-38-45-51-57-72(77)85-63-70(91-74(79)59-53-47-39-35-31-29-27-25-23-21-19-17-15-13-11-8-2)65-89-93(81,82)87-61-69(76)62-88-94(83,84)90-66-71(64-86-73(78)58-52-46-42-41-44-50-56-68(6)9-3)92-75(80)60-54-48-40-36-32-33-37-43-49-55-67(4)5/h67-71,76H,7-66H2,1-6H3,(H,81,82)(H,83,84)/t68?,69-,70-,71-/m1/s1. The zero-order chi connectivity index (χ0) is 69.3. The second-order valence-electron chi connectivity index (χ2n) is 27.8. The van der Waals surface area contributed by atoms with E-state index in [1.165, 1.54) is 199 Å². The zero-order valence-electron chi connectivity index (χ0n) is 61.3. The zero-order valence-corrected chi connectivity index (χ0v) is 63.1. The van der Waals surface area contributed by atoms with Crippen LogP contribution < -0.4 is 0 Å². The van der Waals surface area contributed by atoms with Gasteiger partial charge in [-0.15, -0.1) is 0 Å². The van der Waals surface area contributed by atoms with Gasteiger partial charge < -0.3 is 33.8 Å². The van der Waals surface area contributed by atoms with Crippen molar-refractivity contribution in [1.29, 1.82) is 0 Å². The molecule has 0 saturated heterocycles. The van der Waals surface area contributed by atoms with Crippen LogP contribution in [-0.2, 0) is 65.4 Å². The van der Waals surface area contributed by atoms with Gasteiger partial charge in [-0.3, -0.25) is 37.3 Å². The summed E-state index contributed by atoms with van der Waals surface area (Å²) >= 11 is 0. The molecule has 19 heteroatoms.